The first-order valence-corrected chi connectivity index (χ1v) is 9.11. The van der Waals surface area contributed by atoms with Crippen molar-refractivity contribution in [2.75, 3.05) is 0 Å². The first kappa shape index (κ1) is 19.0. The van der Waals surface area contributed by atoms with Crippen molar-refractivity contribution < 1.29 is 4.52 Å². The summed E-state index contributed by atoms with van der Waals surface area (Å²) in [5, 5.41) is 4.01. The van der Waals surface area contributed by atoms with Crippen LogP contribution in [0.3, 0.4) is 0 Å². The number of nitrogens with two attached hydrogens (primary N) is 2. The van der Waals surface area contributed by atoms with Crippen LogP contribution in [0.2, 0.25) is 0 Å². The van der Waals surface area contributed by atoms with Gasteiger partial charge in [0.2, 0.25) is 5.82 Å². The molecule has 6 nitrogen and oxygen atoms in total. The van der Waals surface area contributed by atoms with Crippen LogP contribution in [0.1, 0.15) is 69.9 Å². The number of guanidine groups is 1. The zero-order valence-electron chi connectivity index (χ0n) is 15.2. The number of unbranched alkanes of at least 4 members (excludes halogenated alkanes) is 5. The second-order valence-corrected chi connectivity index (χ2v) is 6.40. The van der Waals surface area contributed by atoms with Crippen LogP contribution in [0, 0.1) is 0 Å². The maximum absolute atomic E-state index is 5.38. The van der Waals surface area contributed by atoms with E-state index in [2.05, 4.69) is 34.2 Å². The van der Waals surface area contributed by atoms with Crippen molar-refractivity contribution >= 4 is 5.96 Å². The van der Waals surface area contributed by atoms with Crippen LogP contribution in [-0.2, 0) is 6.42 Å². The van der Waals surface area contributed by atoms with Gasteiger partial charge in [-0.3, -0.25) is 0 Å². The van der Waals surface area contributed by atoms with Crippen molar-refractivity contribution in [2.24, 2.45) is 16.5 Å². The highest BCUT2D eigenvalue weighted by atomic mass is 16.5. The van der Waals surface area contributed by atoms with Crippen LogP contribution in [0.15, 0.2) is 33.8 Å². The van der Waals surface area contributed by atoms with Gasteiger partial charge in [0.25, 0.3) is 5.89 Å². The molecule has 136 valence electrons. The molecule has 0 fully saturated rings. The molecule has 2 aromatic rings. The molecule has 4 N–H and O–H groups in total. The predicted molar refractivity (Wildman–Crippen MR) is 101 cm³/mol. The molecule has 1 aromatic carbocycles. The first-order chi connectivity index (χ1) is 12.1. The number of aryl methyl sites for hydroxylation is 1. The minimum Gasteiger partial charge on any atom is -0.370 e. The van der Waals surface area contributed by atoms with Crippen LogP contribution in [-0.4, -0.2) is 16.1 Å². The van der Waals surface area contributed by atoms with E-state index in [1.54, 1.807) is 6.92 Å². The molecule has 0 saturated heterocycles. The standard InChI is InChI=1S/C19H29N5O/c1-3-4-5-6-7-8-9-15-10-12-16(13-11-15)17-23-18(25-24-17)14(2)22-19(20)21/h10-14H,3-9H2,1-2H3,(H4,20,21,22)/t14-/m0/s1. The third kappa shape index (κ3) is 6.21. The van der Waals surface area contributed by atoms with E-state index in [4.69, 9.17) is 16.0 Å². The second kappa shape index (κ2) is 9.81. The SMILES string of the molecule is CCCCCCCCc1ccc(-c2noc([C@H](C)N=C(N)N)n2)cc1. The summed E-state index contributed by atoms with van der Waals surface area (Å²) in [5.41, 5.74) is 13.0. The van der Waals surface area contributed by atoms with Gasteiger partial charge in [-0.05, 0) is 25.3 Å². The van der Waals surface area contributed by atoms with Gasteiger partial charge >= 0.3 is 0 Å². The molecule has 0 aliphatic rings. The average molecular weight is 343 g/mol. The molecular formula is C19H29N5O. The van der Waals surface area contributed by atoms with Crippen LogP contribution in [0.4, 0.5) is 0 Å². The molecule has 0 bridgehead atoms. The highest BCUT2D eigenvalue weighted by Gasteiger charge is 2.14. The Labute approximate surface area is 149 Å². The lowest BCUT2D eigenvalue weighted by atomic mass is 10.0. The lowest BCUT2D eigenvalue weighted by Gasteiger charge is -2.03. The van der Waals surface area contributed by atoms with E-state index in [1.807, 2.05) is 12.1 Å². The molecule has 25 heavy (non-hydrogen) atoms. The molecule has 0 saturated carbocycles. The fraction of sp³-hybridized carbons (Fsp3) is 0.526. The number of nitrogens with zero attached hydrogens (tertiary/aromatic N) is 3. The average Bonchev–Trinajstić information content (AvgIpc) is 3.08. The summed E-state index contributed by atoms with van der Waals surface area (Å²) in [6.07, 6.45) is 9.00. The number of hydrogen-bond donors (Lipinski definition) is 2. The quantitative estimate of drug-likeness (QED) is 0.386. The van der Waals surface area contributed by atoms with E-state index < -0.39 is 0 Å². The van der Waals surface area contributed by atoms with Crippen LogP contribution in [0.5, 0.6) is 0 Å². The summed E-state index contributed by atoms with van der Waals surface area (Å²) in [5.74, 6) is 0.963. The second-order valence-electron chi connectivity index (χ2n) is 6.40. The molecule has 0 unspecified atom stereocenters. The van der Waals surface area contributed by atoms with Gasteiger partial charge in [-0.25, -0.2) is 4.99 Å². The Morgan fingerprint density at radius 1 is 1.08 bits per heavy atom. The molecule has 0 aliphatic heterocycles. The number of hydrogen-bond acceptors (Lipinski definition) is 4. The molecule has 1 aromatic heterocycles. The molecule has 2 rings (SSSR count). The van der Waals surface area contributed by atoms with Crippen LogP contribution < -0.4 is 11.5 Å². The first-order valence-electron chi connectivity index (χ1n) is 9.11. The molecule has 0 radical (unpaired) electrons. The van der Waals surface area contributed by atoms with Gasteiger partial charge in [0.1, 0.15) is 6.04 Å². The zero-order valence-corrected chi connectivity index (χ0v) is 15.2. The lowest BCUT2D eigenvalue weighted by molar-refractivity contribution is 0.362. The fourth-order valence-electron chi connectivity index (χ4n) is 2.73. The van der Waals surface area contributed by atoms with Gasteiger partial charge in [-0.15, -0.1) is 0 Å². The topological polar surface area (TPSA) is 103 Å². The maximum Gasteiger partial charge on any atom is 0.251 e. The highest BCUT2D eigenvalue weighted by Crippen LogP contribution is 2.21. The monoisotopic (exact) mass is 343 g/mol. The molecule has 6 heteroatoms. The Kier molecular flexibility index (Phi) is 7.44. The summed E-state index contributed by atoms with van der Waals surface area (Å²) < 4.78 is 5.24. The number of benzene rings is 1. The van der Waals surface area contributed by atoms with E-state index >= 15 is 0 Å². The van der Waals surface area contributed by atoms with E-state index in [1.165, 1.54) is 44.1 Å². The largest absolute Gasteiger partial charge is 0.370 e. The van der Waals surface area contributed by atoms with E-state index in [9.17, 15) is 0 Å². The lowest BCUT2D eigenvalue weighted by Crippen LogP contribution is -2.23. The summed E-state index contributed by atoms with van der Waals surface area (Å²) in [6, 6.07) is 7.99. The molecule has 1 atom stereocenters. The third-order valence-corrected chi connectivity index (χ3v) is 4.17. The Hall–Kier alpha value is -2.37. The summed E-state index contributed by atoms with van der Waals surface area (Å²) in [7, 11) is 0. The summed E-state index contributed by atoms with van der Waals surface area (Å²) in [6.45, 7) is 4.05. The molecule has 0 spiro atoms. The van der Waals surface area contributed by atoms with Gasteiger partial charge in [-0.1, -0.05) is 68.4 Å². The molecular weight excluding hydrogens is 314 g/mol. The Balaban J connectivity index is 1.87. The van der Waals surface area contributed by atoms with Crippen molar-refractivity contribution in [1.82, 2.24) is 10.1 Å². The smallest absolute Gasteiger partial charge is 0.251 e. The fourth-order valence-corrected chi connectivity index (χ4v) is 2.73. The van der Waals surface area contributed by atoms with Crippen molar-refractivity contribution in [1.29, 1.82) is 0 Å². The normalized spacial score (nSPS) is 12.1. The third-order valence-electron chi connectivity index (χ3n) is 4.17. The van der Waals surface area contributed by atoms with Crippen molar-refractivity contribution in [3.05, 3.63) is 35.7 Å². The predicted octanol–water partition coefficient (Wildman–Crippen LogP) is 3.97. The molecule has 0 amide bonds. The van der Waals surface area contributed by atoms with Gasteiger partial charge < -0.3 is 16.0 Å². The van der Waals surface area contributed by atoms with Gasteiger partial charge in [0.15, 0.2) is 5.96 Å². The van der Waals surface area contributed by atoms with E-state index in [-0.39, 0.29) is 12.0 Å². The maximum atomic E-state index is 5.38. The van der Waals surface area contributed by atoms with Gasteiger partial charge in [0.05, 0.1) is 0 Å². The van der Waals surface area contributed by atoms with Crippen LogP contribution in [0.25, 0.3) is 11.4 Å². The molecule has 0 aliphatic carbocycles. The number of aliphatic imine (C=N–C) groups is 1. The summed E-state index contributed by atoms with van der Waals surface area (Å²) >= 11 is 0. The summed E-state index contributed by atoms with van der Waals surface area (Å²) in [4.78, 5) is 8.38. The van der Waals surface area contributed by atoms with Crippen LogP contribution >= 0.6 is 0 Å². The Bertz CT molecular complexity index is 659. The Morgan fingerprint density at radius 2 is 1.76 bits per heavy atom. The van der Waals surface area contributed by atoms with Gasteiger partial charge in [-0.2, -0.15) is 4.98 Å². The number of rotatable bonds is 10. The molecule has 1 heterocycles. The van der Waals surface area contributed by atoms with Crippen molar-refractivity contribution in [3.8, 4) is 11.4 Å². The highest BCUT2D eigenvalue weighted by molar-refractivity contribution is 5.75. The minimum absolute atomic E-state index is 0.00583. The van der Waals surface area contributed by atoms with E-state index in [0.29, 0.717) is 11.7 Å². The number of aromatic nitrogens is 2. The van der Waals surface area contributed by atoms with Crippen molar-refractivity contribution in [3.63, 3.8) is 0 Å². The van der Waals surface area contributed by atoms with Gasteiger partial charge in [0, 0.05) is 5.56 Å². The van der Waals surface area contributed by atoms with E-state index in [0.717, 1.165) is 12.0 Å². The van der Waals surface area contributed by atoms with Crippen molar-refractivity contribution in [2.45, 2.75) is 64.8 Å². The zero-order chi connectivity index (χ0) is 18.1. The minimum atomic E-state index is -0.349. The Morgan fingerprint density at radius 3 is 2.44 bits per heavy atom.